The summed E-state index contributed by atoms with van der Waals surface area (Å²) in [7, 11) is 0. The fraction of sp³-hybridized carbons (Fsp3) is 0.267. The van der Waals surface area contributed by atoms with E-state index in [0.717, 1.165) is 24.2 Å². The zero-order chi connectivity index (χ0) is 11.8. The number of pyridine rings is 1. The minimum atomic E-state index is 1.03. The van der Waals surface area contributed by atoms with Crippen LogP contribution in [-0.4, -0.2) is 9.38 Å². The molecular weight excluding hydrogens is 208 g/mol. The van der Waals surface area contributed by atoms with E-state index in [2.05, 4.69) is 59.9 Å². The summed E-state index contributed by atoms with van der Waals surface area (Å²) < 4.78 is 2.11. The minimum absolute atomic E-state index is 1.03. The van der Waals surface area contributed by atoms with E-state index in [0.29, 0.717) is 0 Å². The fourth-order valence-electron chi connectivity index (χ4n) is 2.21. The third-order valence-electron chi connectivity index (χ3n) is 3.29. The molecule has 0 radical (unpaired) electrons. The summed E-state index contributed by atoms with van der Waals surface area (Å²) in [5, 5.41) is 0. The number of imidazole rings is 1. The van der Waals surface area contributed by atoms with Gasteiger partial charge in [0.2, 0.25) is 0 Å². The molecule has 0 fully saturated rings. The molecule has 0 amide bonds. The SMILES string of the molecule is CC1=CC=C(c2cn3cc(C)ccc3n2)CC1. The van der Waals surface area contributed by atoms with Crippen LogP contribution in [0.5, 0.6) is 0 Å². The molecule has 0 aromatic carbocycles. The molecule has 0 saturated carbocycles. The molecule has 0 bridgehead atoms. The molecule has 17 heavy (non-hydrogen) atoms. The first-order chi connectivity index (χ1) is 8.22. The number of nitrogens with zero attached hydrogens (tertiary/aromatic N) is 2. The van der Waals surface area contributed by atoms with Crippen LogP contribution in [0.1, 0.15) is 31.0 Å². The van der Waals surface area contributed by atoms with Gasteiger partial charge >= 0.3 is 0 Å². The molecule has 86 valence electrons. The van der Waals surface area contributed by atoms with Gasteiger partial charge in [0.1, 0.15) is 5.65 Å². The van der Waals surface area contributed by atoms with E-state index in [4.69, 9.17) is 0 Å². The largest absolute Gasteiger partial charge is 0.306 e. The highest BCUT2D eigenvalue weighted by Crippen LogP contribution is 2.26. The number of aromatic nitrogens is 2. The molecule has 1 aliphatic carbocycles. The van der Waals surface area contributed by atoms with E-state index in [-0.39, 0.29) is 0 Å². The first-order valence-electron chi connectivity index (χ1n) is 6.04. The summed E-state index contributed by atoms with van der Waals surface area (Å²) in [4.78, 5) is 4.67. The highest BCUT2D eigenvalue weighted by Gasteiger charge is 2.09. The van der Waals surface area contributed by atoms with Gasteiger partial charge in [-0.1, -0.05) is 23.8 Å². The van der Waals surface area contributed by atoms with Gasteiger partial charge < -0.3 is 4.40 Å². The van der Waals surface area contributed by atoms with Crippen LogP contribution < -0.4 is 0 Å². The molecular formula is C15H16N2. The highest BCUT2D eigenvalue weighted by molar-refractivity contribution is 5.67. The zero-order valence-corrected chi connectivity index (χ0v) is 10.3. The second-order valence-electron chi connectivity index (χ2n) is 4.80. The molecule has 1 aliphatic rings. The number of fused-ring (bicyclic) bond motifs is 1. The predicted molar refractivity (Wildman–Crippen MR) is 70.9 cm³/mol. The second-order valence-corrected chi connectivity index (χ2v) is 4.80. The van der Waals surface area contributed by atoms with Crippen LogP contribution in [-0.2, 0) is 0 Å². The average molecular weight is 224 g/mol. The molecule has 2 aromatic heterocycles. The van der Waals surface area contributed by atoms with E-state index < -0.39 is 0 Å². The molecule has 0 N–H and O–H groups in total. The van der Waals surface area contributed by atoms with Crippen LogP contribution in [0.15, 0.2) is 42.3 Å². The molecule has 2 heterocycles. The highest BCUT2D eigenvalue weighted by atomic mass is 15.0. The van der Waals surface area contributed by atoms with Crippen molar-refractivity contribution in [3.63, 3.8) is 0 Å². The maximum atomic E-state index is 4.67. The summed E-state index contributed by atoms with van der Waals surface area (Å²) in [5.74, 6) is 0. The Balaban J connectivity index is 2.07. The van der Waals surface area contributed by atoms with Gasteiger partial charge in [-0.2, -0.15) is 0 Å². The molecule has 2 nitrogen and oxygen atoms in total. The van der Waals surface area contributed by atoms with Gasteiger partial charge in [-0.3, -0.25) is 0 Å². The van der Waals surface area contributed by atoms with Crippen molar-refractivity contribution < 1.29 is 0 Å². The lowest BCUT2D eigenvalue weighted by Crippen LogP contribution is -1.91. The van der Waals surface area contributed by atoms with Crippen molar-refractivity contribution in [2.45, 2.75) is 26.7 Å². The standard InChI is InChI=1S/C15H16N2/c1-11-3-6-13(7-4-11)14-10-17-9-12(2)5-8-15(17)16-14/h3,5-6,8-10H,4,7H2,1-2H3. The Labute approximate surface area is 101 Å². The quantitative estimate of drug-likeness (QED) is 0.720. The van der Waals surface area contributed by atoms with Crippen LogP contribution in [0, 0.1) is 6.92 Å². The van der Waals surface area contributed by atoms with Crippen molar-refractivity contribution in [1.29, 1.82) is 0 Å². The second kappa shape index (κ2) is 3.88. The molecule has 0 unspecified atom stereocenters. The van der Waals surface area contributed by atoms with Crippen LogP contribution in [0.4, 0.5) is 0 Å². The van der Waals surface area contributed by atoms with E-state index in [1.165, 1.54) is 16.7 Å². The number of aryl methyl sites for hydroxylation is 1. The van der Waals surface area contributed by atoms with Gasteiger partial charge in [-0.05, 0) is 43.9 Å². The Morgan fingerprint density at radius 3 is 2.71 bits per heavy atom. The van der Waals surface area contributed by atoms with E-state index in [1.54, 1.807) is 0 Å². The van der Waals surface area contributed by atoms with Crippen LogP contribution in [0.25, 0.3) is 11.2 Å². The van der Waals surface area contributed by atoms with Gasteiger partial charge in [0.05, 0.1) is 5.69 Å². The lowest BCUT2D eigenvalue weighted by atomic mass is 9.98. The third-order valence-corrected chi connectivity index (χ3v) is 3.29. The minimum Gasteiger partial charge on any atom is -0.306 e. The number of hydrogen-bond donors (Lipinski definition) is 0. The van der Waals surface area contributed by atoms with Gasteiger partial charge in [-0.15, -0.1) is 0 Å². The first kappa shape index (κ1) is 10.3. The van der Waals surface area contributed by atoms with E-state index >= 15 is 0 Å². The summed E-state index contributed by atoms with van der Waals surface area (Å²) >= 11 is 0. The summed E-state index contributed by atoms with van der Waals surface area (Å²) in [5.41, 5.74) is 6.19. The van der Waals surface area contributed by atoms with Crippen molar-refractivity contribution in [2.75, 3.05) is 0 Å². The van der Waals surface area contributed by atoms with Crippen LogP contribution in [0.3, 0.4) is 0 Å². The Hall–Kier alpha value is -1.83. The Morgan fingerprint density at radius 1 is 1.06 bits per heavy atom. The van der Waals surface area contributed by atoms with Gasteiger partial charge in [0.15, 0.2) is 0 Å². The topological polar surface area (TPSA) is 17.3 Å². The maximum absolute atomic E-state index is 4.67. The van der Waals surface area contributed by atoms with E-state index in [1.807, 2.05) is 0 Å². The fourth-order valence-corrected chi connectivity index (χ4v) is 2.21. The van der Waals surface area contributed by atoms with Crippen molar-refractivity contribution in [3.05, 3.63) is 53.5 Å². The summed E-state index contributed by atoms with van der Waals surface area (Å²) in [6, 6.07) is 4.18. The van der Waals surface area contributed by atoms with Crippen molar-refractivity contribution in [3.8, 4) is 0 Å². The Morgan fingerprint density at radius 2 is 1.94 bits per heavy atom. The van der Waals surface area contributed by atoms with Crippen LogP contribution >= 0.6 is 0 Å². The third kappa shape index (κ3) is 1.91. The summed E-state index contributed by atoms with van der Waals surface area (Å²) in [6.45, 7) is 4.28. The van der Waals surface area contributed by atoms with Crippen LogP contribution in [0.2, 0.25) is 0 Å². The predicted octanol–water partition coefficient (Wildman–Crippen LogP) is 3.77. The van der Waals surface area contributed by atoms with Gasteiger partial charge in [-0.25, -0.2) is 4.98 Å². The van der Waals surface area contributed by atoms with Crippen molar-refractivity contribution >= 4 is 11.2 Å². The molecule has 0 spiro atoms. The molecule has 2 heteroatoms. The molecule has 0 atom stereocenters. The lowest BCUT2D eigenvalue weighted by Gasteiger charge is -2.09. The van der Waals surface area contributed by atoms with Gasteiger partial charge in [0.25, 0.3) is 0 Å². The average Bonchev–Trinajstić information content (AvgIpc) is 2.72. The molecule has 3 rings (SSSR count). The normalized spacial score (nSPS) is 15.9. The van der Waals surface area contributed by atoms with Gasteiger partial charge in [0, 0.05) is 12.4 Å². The number of allylic oxidation sites excluding steroid dienone is 4. The summed E-state index contributed by atoms with van der Waals surface area (Å²) in [6.07, 6.45) is 10.9. The Bertz CT molecular complexity index is 629. The number of rotatable bonds is 1. The van der Waals surface area contributed by atoms with E-state index in [9.17, 15) is 0 Å². The Kier molecular flexibility index (Phi) is 2.36. The van der Waals surface area contributed by atoms with Crippen molar-refractivity contribution in [1.82, 2.24) is 9.38 Å². The molecule has 0 saturated heterocycles. The zero-order valence-electron chi connectivity index (χ0n) is 10.3. The lowest BCUT2D eigenvalue weighted by molar-refractivity contribution is 0.971. The maximum Gasteiger partial charge on any atom is 0.137 e. The molecule has 2 aromatic rings. The first-order valence-corrected chi connectivity index (χ1v) is 6.04. The smallest absolute Gasteiger partial charge is 0.137 e. The monoisotopic (exact) mass is 224 g/mol. The number of hydrogen-bond acceptors (Lipinski definition) is 1. The van der Waals surface area contributed by atoms with Crippen molar-refractivity contribution in [2.24, 2.45) is 0 Å². The molecule has 0 aliphatic heterocycles.